The molecule has 0 bridgehead atoms. The van der Waals surface area contributed by atoms with E-state index < -0.39 is 5.97 Å². The second kappa shape index (κ2) is 5.68. The third-order valence-corrected chi connectivity index (χ3v) is 2.17. The minimum Gasteiger partial charge on any atom is -0.457 e. The van der Waals surface area contributed by atoms with E-state index >= 15 is 0 Å². The third kappa shape index (κ3) is 3.22. The van der Waals surface area contributed by atoms with Crippen LogP contribution in [0.25, 0.3) is 0 Å². The lowest BCUT2D eigenvalue weighted by atomic mass is 10.3. The van der Waals surface area contributed by atoms with Gasteiger partial charge in [0.25, 0.3) is 0 Å². The zero-order valence-corrected chi connectivity index (χ0v) is 9.71. The number of hydrogen-bond acceptors (Lipinski definition) is 3. The molecular formula is C15H12O3. The molecule has 0 atom stereocenters. The largest absolute Gasteiger partial charge is 0.457 e. The Hall–Kier alpha value is -2.55. The molecule has 0 fully saturated rings. The molecule has 0 N–H and O–H groups in total. The van der Waals surface area contributed by atoms with Crippen LogP contribution in [-0.2, 0) is 4.79 Å². The molecule has 0 heterocycles. The fourth-order valence-electron chi connectivity index (χ4n) is 1.38. The van der Waals surface area contributed by atoms with Gasteiger partial charge in [0.2, 0.25) is 0 Å². The van der Waals surface area contributed by atoms with Crippen molar-refractivity contribution in [2.75, 3.05) is 0 Å². The van der Waals surface area contributed by atoms with E-state index in [0.717, 1.165) is 11.8 Å². The van der Waals surface area contributed by atoms with Crippen molar-refractivity contribution in [2.24, 2.45) is 0 Å². The Morgan fingerprint density at radius 3 is 2.33 bits per heavy atom. The minimum atomic E-state index is -0.494. The number of hydrogen-bond donors (Lipinski definition) is 0. The number of ether oxygens (including phenoxy) is 2. The SMILES string of the molecule is C=CC(=O)Oc1cccc(Oc2ccccc2)c1. The van der Waals surface area contributed by atoms with Gasteiger partial charge in [0.1, 0.15) is 17.2 Å². The van der Waals surface area contributed by atoms with Gasteiger partial charge in [0.05, 0.1) is 0 Å². The Morgan fingerprint density at radius 1 is 0.944 bits per heavy atom. The molecule has 0 aliphatic rings. The molecular weight excluding hydrogens is 228 g/mol. The van der Waals surface area contributed by atoms with E-state index in [1.54, 1.807) is 24.3 Å². The van der Waals surface area contributed by atoms with Crippen molar-refractivity contribution in [3.63, 3.8) is 0 Å². The normalized spacial score (nSPS) is 9.56. The lowest BCUT2D eigenvalue weighted by molar-refractivity contribution is -0.128. The van der Waals surface area contributed by atoms with Gasteiger partial charge in [-0.1, -0.05) is 30.8 Å². The highest BCUT2D eigenvalue weighted by atomic mass is 16.5. The molecule has 2 aromatic carbocycles. The fourth-order valence-corrected chi connectivity index (χ4v) is 1.38. The first-order valence-electron chi connectivity index (χ1n) is 5.45. The standard InChI is InChI=1S/C15H12O3/c1-2-15(16)18-14-10-6-9-13(11-14)17-12-7-4-3-5-8-12/h2-11H,1H2. The predicted octanol–water partition coefficient (Wildman–Crippen LogP) is 3.57. The first-order valence-corrected chi connectivity index (χ1v) is 5.45. The lowest BCUT2D eigenvalue weighted by Gasteiger charge is -2.07. The zero-order valence-electron chi connectivity index (χ0n) is 9.71. The van der Waals surface area contributed by atoms with Crippen molar-refractivity contribution in [3.05, 3.63) is 67.3 Å². The summed E-state index contributed by atoms with van der Waals surface area (Å²) in [6, 6.07) is 16.3. The number of rotatable bonds is 4. The molecule has 2 aromatic rings. The Morgan fingerprint density at radius 2 is 1.61 bits per heavy atom. The quantitative estimate of drug-likeness (QED) is 0.465. The first-order chi connectivity index (χ1) is 8.78. The lowest BCUT2D eigenvalue weighted by Crippen LogP contribution is -2.02. The van der Waals surface area contributed by atoms with Gasteiger partial charge in [0.15, 0.2) is 0 Å². The van der Waals surface area contributed by atoms with Crippen LogP contribution in [0.3, 0.4) is 0 Å². The van der Waals surface area contributed by atoms with E-state index in [1.807, 2.05) is 30.3 Å². The molecule has 0 spiro atoms. The summed E-state index contributed by atoms with van der Waals surface area (Å²) in [5.41, 5.74) is 0. The fraction of sp³-hybridized carbons (Fsp3) is 0. The number of carbonyl (C=O) groups is 1. The average molecular weight is 240 g/mol. The van der Waals surface area contributed by atoms with Gasteiger partial charge in [-0.05, 0) is 24.3 Å². The molecule has 0 amide bonds. The molecule has 3 heteroatoms. The van der Waals surface area contributed by atoms with Gasteiger partial charge in [-0.2, -0.15) is 0 Å². The summed E-state index contributed by atoms with van der Waals surface area (Å²) in [5.74, 6) is 1.26. The van der Waals surface area contributed by atoms with Gasteiger partial charge in [-0.3, -0.25) is 0 Å². The van der Waals surface area contributed by atoms with Crippen molar-refractivity contribution in [2.45, 2.75) is 0 Å². The van der Waals surface area contributed by atoms with Crippen molar-refractivity contribution in [3.8, 4) is 17.2 Å². The van der Waals surface area contributed by atoms with Crippen LogP contribution < -0.4 is 9.47 Å². The molecule has 0 aromatic heterocycles. The van der Waals surface area contributed by atoms with Gasteiger partial charge in [0, 0.05) is 12.1 Å². The maximum absolute atomic E-state index is 11.1. The summed E-state index contributed by atoms with van der Waals surface area (Å²) in [5, 5.41) is 0. The zero-order chi connectivity index (χ0) is 12.8. The van der Waals surface area contributed by atoms with Gasteiger partial charge >= 0.3 is 5.97 Å². The second-order valence-electron chi connectivity index (χ2n) is 3.52. The molecule has 0 saturated carbocycles. The highest BCUT2D eigenvalue weighted by Gasteiger charge is 2.02. The second-order valence-corrected chi connectivity index (χ2v) is 3.52. The molecule has 18 heavy (non-hydrogen) atoms. The Balaban J connectivity index is 2.12. The highest BCUT2D eigenvalue weighted by molar-refractivity contribution is 5.83. The summed E-state index contributed by atoms with van der Waals surface area (Å²) in [4.78, 5) is 11.1. The molecule has 0 aliphatic carbocycles. The summed E-state index contributed by atoms with van der Waals surface area (Å²) in [7, 11) is 0. The highest BCUT2D eigenvalue weighted by Crippen LogP contribution is 2.24. The van der Waals surface area contributed by atoms with Crippen LogP contribution in [0.1, 0.15) is 0 Å². The van der Waals surface area contributed by atoms with E-state index in [-0.39, 0.29) is 0 Å². The summed E-state index contributed by atoms with van der Waals surface area (Å²) in [6.45, 7) is 3.34. The van der Waals surface area contributed by atoms with Crippen LogP contribution in [-0.4, -0.2) is 5.97 Å². The maximum atomic E-state index is 11.1. The Kier molecular flexibility index (Phi) is 3.76. The van der Waals surface area contributed by atoms with Gasteiger partial charge < -0.3 is 9.47 Å². The number of carbonyl (C=O) groups excluding carboxylic acids is 1. The average Bonchev–Trinajstić information content (AvgIpc) is 2.40. The van der Waals surface area contributed by atoms with E-state index in [1.165, 1.54) is 0 Å². The molecule has 90 valence electrons. The maximum Gasteiger partial charge on any atom is 0.335 e. The van der Waals surface area contributed by atoms with E-state index in [4.69, 9.17) is 9.47 Å². The third-order valence-electron chi connectivity index (χ3n) is 2.17. The molecule has 0 saturated heterocycles. The smallest absolute Gasteiger partial charge is 0.335 e. The van der Waals surface area contributed by atoms with Crippen molar-refractivity contribution in [1.29, 1.82) is 0 Å². The molecule has 2 rings (SSSR count). The minimum absolute atomic E-state index is 0.424. The predicted molar refractivity (Wildman–Crippen MR) is 68.8 cm³/mol. The molecule has 0 radical (unpaired) electrons. The molecule has 3 nitrogen and oxygen atoms in total. The van der Waals surface area contributed by atoms with Gasteiger partial charge in [-0.25, -0.2) is 4.79 Å². The monoisotopic (exact) mass is 240 g/mol. The van der Waals surface area contributed by atoms with Crippen molar-refractivity contribution < 1.29 is 14.3 Å². The van der Waals surface area contributed by atoms with Gasteiger partial charge in [-0.15, -0.1) is 0 Å². The summed E-state index contributed by atoms with van der Waals surface area (Å²) in [6.07, 6.45) is 1.12. The number of para-hydroxylation sites is 1. The van der Waals surface area contributed by atoms with Crippen LogP contribution in [0.2, 0.25) is 0 Å². The van der Waals surface area contributed by atoms with Crippen LogP contribution in [0.4, 0.5) is 0 Å². The number of benzene rings is 2. The first kappa shape index (κ1) is 11.9. The summed E-state index contributed by atoms with van der Waals surface area (Å²) >= 11 is 0. The van der Waals surface area contributed by atoms with Crippen molar-refractivity contribution >= 4 is 5.97 Å². The molecule has 0 unspecified atom stereocenters. The van der Waals surface area contributed by atoms with Crippen LogP contribution in [0.5, 0.6) is 17.2 Å². The topological polar surface area (TPSA) is 35.5 Å². The van der Waals surface area contributed by atoms with Crippen molar-refractivity contribution in [1.82, 2.24) is 0 Å². The van der Waals surface area contributed by atoms with Crippen LogP contribution in [0.15, 0.2) is 67.3 Å². The van der Waals surface area contributed by atoms with Crippen LogP contribution in [0, 0.1) is 0 Å². The Labute approximate surface area is 105 Å². The molecule has 0 aliphatic heterocycles. The van der Waals surface area contributed by atoms with Crippen LogP contribution >= 0.6 is 0 Å². The van der Waals surface area contributed by atoms with E-state index in [9.17, 15) is 4.79 Å². The van der Waals surface area contributed by atoms with E-state index in [0.29, 0.717) is 11.5 Å². The summed E-state index contributed by atoms with van der Waals surface area (Å²) < 4.78 is 10.6. The number of esters is 1. The Bertz CT molecular complexity index is 547. The van der Waals surface area contributed by atoms with E-state index in [2.05, 4.69) is 6.58 Å².